The van der Waals surface area contributed by atoms with Crippen LogP contribution < -0.4 is 0 Å². The van der Waals surface area contributed by atoms with Crippen molar-refractivity contribution in [3.63, 3.8) is 0 Å². The van der Waals surface area contributed by atoms with Crippen molar-refractivity contribution in [2.75, 3.05) is 0 Å². The van der Waals surface area contributed by atoms with Crippen molar-refractivity contribution in [3.8, 4) is 0 Å². The lowest BCUT2D eigenvalue weighted by atomic mass is 10.0. The summed E-state index contributed by atoms with van der Waals surface area (Å²) in [6.45, 7) is 0. The van der Waals surface area contributed by atoms with Crippen LogP contribution in [-0.2, 0) is 6.42 Å². The average Bonchev–Trinajstić information content (AvgIpc) is 2.32. The van der Waals surface area contributed by atoms with E-state index in [2.05, 4.69) is 4.98 Å². The predicted molar refractivity (Wildman–Crippen MR) is 64.3 cm³/mol. The average molecular weight is 252 g/mol. The van der Waals surface area contributed by atoms with Crippen LogP contribution in [-0.4, -0.2) is 10.1 Å². The number of aliphatic hydroxyl groups excluding tert-OH is 1. The molecule has 88 valence electrons. The lowest BCUT2D eigenvalue weighted by molar-refractivity contribution is 0.168. The second-order valence-corrected chi connectivity index (χ2v) is 4.09. The fraction of sp³-hybridized carbons (Fsp3) is 0.154. The summed E-state index contributed by atoms with van der Waals surface area (Å²) in [4.78, 5) is 3.84. The molecule has 0 spiro atoms. The van der Waals surface area contributed by atoms with Crippen LogP contribution in [0.3, 0.4) is 0 Å². The standard InChI is InChI=1S/C13H11ClFNO/c14-10-5-2-1-4-9(10)8-12(17)13-11(15)6-3-7-16-13/h1-7,12,17H,8H2. The zero-order valence-corrected chi connectivity index (χ0v) is 9.73. The van der Waals surface area contributed by atoms with Crippen LogP contribution in [0.5, 0.6) is 0 Å². The van der Waals surface area contributed by atoms with Crippen molar-refractivity contribution < 1.29 is 9.50 Å². The van der Waals surface area contributed by atoms with Gasteiger partial charge in [-0.2, -0.15) is 0 Å². The molecule has 1 aromatic heterocycles. The Morgan fingerprint density at radius 1 is 1.24 bits per heavy atom. The molecule has 1 N–H and O–H groups in total. The Morgan fingerprint density at radius 3 is 2.71 bits per heavy atom. The van der Waals surface area contributed by atoms with Crippen molar-refractivity contribution in [2.24, 2.45) is 0 Å². The molecule has 2 nitrogen and oxygen atoms in total. The summed E-state index contributed by atoms with van der Waals surface area (Å²) in [7, 11) is 0. The Balaban J connectivity index is 2.20. The first kappa shape index (κ1) is 12.0. The van der Waals surface area contributed by atoms with Crippen LogP contribution >= 0.6 is 11.6 Å². The van der Waals surface area contributed by atoms with Gasteiger partial charge in [-0.1, -0.05) is 29.8 Å². The highest BCUT2D eigenvalue weighted by Gasteiger charge is 2.15. The smallest absolute Gasteiger partial charge is 0.147 e. The number of benzene rings is 1. The maximum atomic E-state index is 13.4. The van der Waals surface area contributed by atoms with Crippen LogP contribution in [0.15, 0.2) is 42.6 Å². The van der Waals surface area contributed by atoms with Gasteiger partial charge in [-0.3, -0.25) is 4.98 Å². The number of halogens is 2. The fourth-order valence-corrected chi connectivity index (χ4v) is 1.82. The second kappa shape index (κ2) is 5.25. The summed E-state index contributed by atoms with van der Waals surface area (Å²) in [5.41, 5.74) is 0.819. The lowest BCUT2D eigenvalue weighted by Gasteiger charge is -2.11. The SMILES string of the molecule is OC(Cc1ccccc1Cl)c1ncccc1F. The highest BCUT2D eigenvalue weighted by molar-refractivity contribution is 6.31. The molecule has 17 heavy (non-hydrogen) atoms. The lowest BCUT2D eigenvalue weighted by Crippen LogP contribution is -2.07. The normalized spacial score (nSPS) is 12.4. The molecule has 0 saturated carbocycles. The molecule has 0 aliphatic heterocycles. The van der Waals surface area contributed by atoms with E-state index in [0.29, 0.717) is 5.02 Å². The van der Waals surface area contributed by atoms with Crippen LogP contribution in [0.2, 0.25) is 5.02 Å². The zero-order valence-electron chi connectivity index (χ0n) is 8.98. The van der Waals surface area contributed by atoms with Gasteiger partial charge in [0.15, 0.2) is 0 Å². The molecular formula is C13H11ClFNO. The van der Waals surface area contributed by atoms with Crippen LogP contribution in [0.25, 0.3) is 0 Å². The van der Waals surface area contributed by atoms with Gasteiger partial charge in [0.2, 0.25) is 0 Å². The predicted octanol–water partition coefficient (Wildman–Crippen LogP) is 3.15. The van der Waals surface area contributed by atoms with Gasteiger partial charge < -0.3 is 5.11 Å². The van der Waals surface area contributed by atoms with Gasteiger partial charge in [-0.25, -0.2) is 4.39 Å². The number of aromatic nitrogens is 1. The first-order valence-corrected chi connectivity index (χ1v) is 5.58. The van der Waals surface area contributed by atoms with Crippen molar-refractivity contribution in [3.05, 3.63) is 64.7 Å². The first-order valence-electron chi connectivity index (χ1n) is 5.20. The van der Waals surface area contributed by atoms with E-state index in [1.807, 2.05) is 6.07 Å². The molecule has 1 aromatic carbocycles. The molecule has 0 amide bonds. The molecule has 1 heterocycles. The summed E-state index contributed by atoms with van der Waals surface area (Å²) in [5.74, 6) is -0.507. The summed E-state index contributed by atoms with van der Waals surface area (Å²) in [6, 6.07) is 9.92. The largest absolute Gasteiger partial charge is 0.386 e. The maximum Gasteiger partial charge on any atom is 0.147 e. The quantitative estimate of drug-likeness (QED) is 0.909. The van der Waals surface area contributed by atoms with Gasteiger partial charge in [0.1, 0.15) is 17.6 Å². The second-order valence-electron chi connectivity index (χ2n) is 3.68. The summed E-state index contributed by atoms with van der Waals surface area (Å²) in [6.07, 6.45) is 0.707. The molecule has 4 heteroatoms. The van der Waals surface area contributed by atoms with E-state index in [4.69, 9.17) is 11.6 Å². The van der Waals surface area contributed by atoms with E-state index in [9.17, 15) is 9.50 Å². The van der Waals surface area contributed by atoms with Crippen LogP contribution in [0.4, 0.5) is 4.39 Å². The summed E-state index contributed by atoms with van der Waals surface area (Å²) in [5, 5.41) is 10.5. The molecule has 0 radical (unpaired) electrons. The summed E-state index contributed by atoms with van der Waals surface area (Å²) >= 11 is 5.97. The van der Waals surface area contributed by atoms with Gasteiger partial charge in [0.05, 0.1) is 0 Å². The number of hydrogen-bond acceptors (Lipinski definition) is 2. The molecule has 0 fully saturated rings. The van der Waals surface area contributed by atoms with Gasteiger partial charge in [-0.15, -0.1) is 0 Å². The third-order valence-electron chi connectivity index (χ3n) is 2.47. The van der Waals surface area contributed by atoms with Gasteiger partial charge >= 0.3 is 0 Å². The minimum Gasteiger partial charge on any atom is -0.386 e. The number of hydrogen-bond donors (Lipinski definition) is 1. The van der Waals surface area contributed by atoms with Crippen LogP contribution in [0.1, 0.15) is 17.4 Å². The van der Waals surface area contributed by atoms with Crippen molar-refractivity contribution >= 4 is 11.6 Å². The van der Waals surface area contributed by atoms with Crippen molar-refractivity contribution in [2.45, 2.75) is 12.5 Å². The van der Waals surface area contributed by atoms with E-state index < -0.39 is 11.9 Å². The highest BCUT2D eigenvalue weighted by atomic mass is 35.5. The molecule has 2 rings (SSSR count). The zero-order chi connectivity index (χ0) is 12.3. The topological polar surface area (TPSA) is 33.1 Å². The van der Waals surface area contributed by atoms with E-state index in [0.717, 1.165) is 5.56 Å². The van der Waals surface area contributed by atoms with E-state index >= 15 is 0 Å². The van der Waals surface area contributed by atoms with Gasteiger partial charge in [0, 0.05) is 17.6 Å². The number of aliphatic hydroxyl groups is 1. The van der Waals surface area contributed by atoms with Crippen LogP contribution in [0, 0.1) is 5.82 Å². The van der Waals surface area contributed by atoms with Crippen molar-refractivity contribution in [1.29, 1.82) is 0 Å². The Labute approximate surface area is 104 Å². The first-order chi connectivity index (χ1) is 8.18. The minimum absolute atomic E-state index is 0.0485. The third-order valence-corrected chi connectivity index (χ3v) is 2.84. The van der Waals surface area contributed by atoms with Gasteiger partial charge in [-0.05, 0) is 23.8 Å². The molecule has 1 atom stereocenters. The molecule has 0 bridgehead atoms. The Morgan fingerprint density at radius 2 is 2.00 bits per heavy atom. The number of rotatable bonds is 3. The minimum atomic E-state index is -0.990. The molecule has 2 aromatic rings. The number of pyridine rings is 1. The molecule has 0 aliphatic carbocycles. The van der Waals surface area contributed by atoms with E-state index in [1.54, 1.807) is 18.2 Å². The molecular weight excluding hydrogens is 241 g/mol. The Hall–Kier alpha value is -1.45. The molecule has 0 aliphatic rings. The monoisotopic (exact) mass is 251 g/mol. The Bertz CT molecular complexity index is 518. The van der Waals surface area contributed by atoms with E-state index in [-0.39, 0.29) is 12.1 Å². The molecule has 1 unspecified atom stereocenters. The fourth-order valence-electron chi connectivity index (χ4n) is 1.61. The maximum absolute atomic E-state index is 13.4. The van der Waals surface area contributed by atoms with Crippen molar-refractivity contribution in [1.82, 2.24) is 4.98 Å². The number of nitrogens with zero attached hydrogens (tertiary/aromatic N) is 1. The summed E-state index contributed by atoms with van der Waals surface area (Å²) < 4.78 is 13.4. The van der Waals surface area contributed by atoms with Gasteiger partial charge in [0.25, 0.3) is 0 Å². The Kier molecular flexibility index (Phi) is 3.71. The van der Waals surface area contributed by atoms with E-state index in [1.165, 1.54) is 18.3 Å². The highest BCUT2D eigenvalue weighted by Crippen LogP contribution is 2.23. The third kappa shape index (κ3) is 2.81. The molecule has 0 saturated heterocycles.